The fourth-order valence-corrected chi connectivity index (χ4v) is 2.19. The van der Waals surface area contributed by atoms with Crippen molar-refractivity contribution in [3.05, 3.63) is 35.4 Å². The van der Waals surface area contributed by atoms with Crippen molar-refractivity contribution >= 4 is 5.97 Å². The number of ether oxygens (including phenoxy) is 1. The first-order chi connectivity index (χ1) is 8.68. The Hall–Kier alpha value is -1.35. The summed E-state index contributed by atoms with van der Waals surface area (Å²) in [5.41, 5.74) is 2.32. The Labute approximate surface area is 109 Å². The molecule has 1 atom stereocenters. The van der Waals surface area contributed by atoms with Crippen LogP contribution in [0.15, 0.2) is 24.3 Å². The Morgan fingerprint density at radius 1 is 1.44 bits per heavy atom. The summed E-state index contributed by atoms with van der Waals surface area (Å²) in [5.74, 6) is 0.409. The molecule has 1 aromatic carbocycles. The number of carbonyl (C=O) groups is 1. The molecule has 98 valence electrons. The summed E-state index contributed by atoms with van der Waals surface area (Å²) in [6.07, 6.45) is 1.89. The molecule has 1 unspecified atom stereocenters. The number of benzene rings is 1. The third-order valence-corrected chi connectivity index (χ3v) is 3.28. The van der Waals surface area contributed by atoms with Crippen molar-refractivity contribution in [1.82, 2.24) is 5.32 Å². The average Bonchev–Trinajstić information content (AvgIpc) is 2.37. The number of esters is 1. The minimum atomic E-state index is -0.290. The lowest BCUT2D eigenvalue weighted by atomic mass is 9.94. The number of hydrogen-bond acceptors (Lipinski definition) is 3. The monoisotopic (exact) mass is 247 g/mol. The summed E-state index contributed by atoms with van der Waals surface area (Å²) in [5, 5.41) is 3.24. The van der Waals surface area contributed by atoms with Gasteiger partial charge in [-0.1, -0.05) is 38.1 Å². The van der Waals surface area contributed by atoms with Gasteiger partial charge in [0, 0.05) is 6.54 Å². The zero-order chi connectivity index (χ0) is 13.0. The van der Waals surface area contributed by atoms with Crippen LogP contribution in [0.3, 0.4) is 0 Å². The van der Waals surface area contributed by atoms with Gasteiger partial charge in [-0.15, -0.1) is 0 Å². The highest BCUT2D eigenvalue weighted by Crippen LogP contribution is 2.23. The van der Waals surface area contributed by atoms with Gasteiger partial charge >= 0.3 is 5.97 Å². The molecule has 1 aliphatic heterocycles. The van der Waals surface area contributed by atoms with Gasteiger partial charge in [-0.3, -0.25) is 0 Å². The van der Waals surface area contributed by atoms with E-state index in [1.54, 1.807) is 0 Å². The average molecular weight is 247 g/mol. The van der Waals surface area contributed by atoms with E-state index in [2.05, 4.69) is 25.2 Å². The van der Waals surface area contributed by atoms with Crippen molar-refractivity contribution in [3.8, 4) is 0 Å². The summed E-state index contributed by atoms with van der Waals surface area (Å²) >= 11 is 0. The van der Waals surface area contributed by atoms with E-state index in [1.807, 2.05) is 18.2 Å². The molecule has 0 aromatic heterocycles. The third-order valence-electron chi connectivity index (χ3n) is 3.28. The highest BCUT2D eigenvalue weighted by atomic mass is 16.5. The van der Waals surface area contributed by atoms with E-state index in [0.717, 1.165) is 24.9 Å². The van der Waals surface area contributed by atoms with Crippen molar-refractivity contribution in [1.29, 1.82) is 0 Å². The quantitative estimate of drug-likeness (QED) is 0.831. The molecular weight excluding hydrogens is 226 g/mol. The van der Waals surface area contributed by atoms with E-state index in [1.165, 1.54) is 5.56 Å². The van der Waals surface area contributed by atoms with Gasteiger partial charge in [-0.2, -0.15) is 0 Å². The van der Waals surface area contributed by atoms with E-state index >= 15 is 0 Å². The number of fused-ring (bicyclic) bond motifs is 1. The van der Waals surface area contributed by atoms with Gasteiger partial charge in [0.15, 0.2) is 0 Å². The fraction of sp³-hybridized carbons (Fsp3) is 0.533. The first-order valence-electron chi connectivity index (χ1n) is 6.66. The standard InChI is InChI=1S/C15H21NO2/c1-11(2)8-10-18-15(17)14-13-6-4-3-5-12(13)7-9-16-14/h3-6,11,14,16H,7-10H2,1-2H3. The van der Waals surface area contributed by atoms with Gasteiger partial charge in [-0.25, -0.2) is 4.79 Å². The molecule has 1 aromatic rings. The maximum absolute atomic E-state index is 12.1. The molecule has 1 aliphatic rings. The van der Waals surface area contributed by atoms with Gasteiger partial charge in [-0.05, 0) is 29.9 Å². The largest absolute Gasteiger partial charge is 0.464 e. The Balaban J connectivity index is 1.99. The molecule has 2 rings (SSSR count). The van der Waals surface area contributed by atoms with Crippen molar-refractivity contribution < 1.29 is 9.53 Å². The Bertz CT molecular complexity index is 415. The molecule has 0 amide bonds. The van der Waals surface area contributed by atoms with Crippen LogP contribution in [0.5, 0.6) is 0 Å². The Morgan fingerprint density at radius 3 is 3.00 bits per heavy atom. The molecule has 1 heterocycles. The molecule has 0 saturated heterocycles. The lowest BCUT2D eigenvalue weighted by Gasteiger charge is -2.25. The highest BCUT2D eigenvalue weighted by molar-refractivity contribution is 5.78. The Morgan fingerprint density at radius 2 is 2.22 bits per heavy atom. The number of rotatable bonds is 4. The second-order valence-electron chi connectivity index (χ2n) is 5.19. The number of hydrogen-bond donors (Lipinski definition) is 1. The van der Waals surface area contributed by atoms with E-state index in [4.69, 9.17) is 4.74 Å². The molecule has 0 fully saturated rings. The zero-order valence-electron chi connectivity index (χ0n) is 11.1. The first kappa shape index (κ1) is 13.1. The predicted octanol–water partition coefficient (Wildman–Crippen LogP) is 2.46. The fourth-order valence-electron chi connectivity index (χ4n) is 2.19. The number of nitrogens with one attached hydrogen (secondary N) is 1. The van der Waals surface area contributed by atoms with Crippen molar-refractivity contribution in [3.63, 3.8) is 0 Å². The van der Waals surface area contributed by atoms with Crippen molar-refractivity contribution in [2.45, 2.75) is 32.7 Å². The van der Waals surface area contributed by atoms with Crippen molar-refractivity contribution in [2.24, 2.45) is 5.92 Å². The van der Waals surface area contributed by atoms with E-state index in [-0.39, 0.29) is 12.0 Å². The molecule has 18 heavy (non-hydrogen) atoms. The zero-order valence-corrected chi connectivity index (χ0v) is 11.1. The summed E-state index contributed by atoms with van der Waals surface area (Å²) in [4.78, 5) is 12.1. The number of carbonyl (C=O) groups excluding carboxylic acids is 1. The maximum Gasteiger partial charge on any atom is 0.327 e. The van der Waals surface area contributed by atoms with Crippen LogP contribution in [-0.2, 0) is 16.0 Å². The minimum absolute atomic E-state index is 0.150. The molecule has 3 nitrogen and oxygen atoms in total. The lowest BCUT2D eigenvalue weighted by molar-refractivity contribution is -0.146. The van der Waals surface area contributed by atoms with Crippen LogP contribution in [0.4, 0.5) is 0 Å². The molecular formula is C15H21NO2. The minimum Gasteiger partial charge on any atom is -0.464 e. The summed E-state index contributed by atoms with van der Waals surface area (Å²) in [6.45, 7) is 5.60. The normalized spacial score (nSPS) is 18.5. The summed E-state index contributed by atoms with van der Waals surface area (Å²) in [7, 11) is 0. The maximum atomic E-state index is 12.1. The molecule has 0 saturated carbocycles. The smallest absolute Gasteiger partial charge is 0.327 e. The van der Waals surface area contributed by atoms with Gasteiger partial charge in [0.25, 0.3) is 0 Å². The van der Waals surface area contributed by atoms with Crippen molar-refractivity contribution in [2.75, 3.05) is 13.2 Å². The van der Waals surface area contributed by atoms with E-state index in [0.29, 0.717) is 12.5 Å². The van der Waals surface area contributed by atoms with Gasteiger partial charge in [0.05, 0.1) is 6.61 Å². The van der Waals surface area contributed by atoms with E-state index in [9.17, 15) is 4.79 Å². The van der Waals surface area contributed by atoms with Crippen LogP contribution in [0.1, 0.15) is 37.4 Å². The van der Waals surface area contributed by atoms with Gasteiger partial charge in [0.1, 0.15) is 6.04 Å². The molecule has 1 N–H and O–H groups in total. The molecule has 0 spiro atoms. The van der Waals surface area contributed by atoms with Crippen LogP contribution >= 0.6 is 0 Å². The lowest BCUT2D eigenvalue weighted by Crippen LogP contribution is -2.36. The molecule has 0 bridgehead atoms. The SMILES string of the molecule is CC(C)CCOC(=O)C1NCCc2ccccc21. The molecule has 0 radical (unpaired) electrons. The van der Waals surface area contributed by atoms with Crippen LogP contribution in [-0.4, -0.2) is 19.1 Å². The van der Waals surface area contributed by atoms with Gasteiger partial charge < -0.3 is 10.1 Å². The molecule has 3 heteroatoms. The van der Waals surface area contributed by atoms with Gasteiger partial charge in [0.2, 0.25) is 0 Å². The predicted molar refractivity (Wildman–Crippen MR) is 71.3 cm³/mol. The van der Waals surface area contributed by atoms with Crippen LogP contribution < -0.4 is 5.32 Å². The van der Waals surface area contributed by atoms with Crippen LogP contribution in [0.25, 0.3) is 0 Å². The van der Waals surface area contributed by atoms with E-state index < -0.39 is 0 Å². The highest BCUT2D eigenvalue weighted by Gasteiger charge is 2.26. The second kappa shape index (κ2) is 6.01. The second-order valence-corrected chi connectivity index (χ2v) is 5.19. The Kier molecular flexibility index (Phi) is 4.37. The first-order valence-corrected chi connectivity index (χ1v) is 6.66. The van der Waals surface area contributed by atoms with Crippen LogP contribution in [0.2, 0.25) is 0 Å². The summed E-state index contributed by atoms with van der Waals surface area (Å²) < 4.78 is 5.35. The third kappa shape index (κ3) is 3.10. The summed E-state index contributed by atoms with van der Waals surface area (Å²) in [6, 6.07) is 7.80. The molecule has 0 aliphatic carbocycles. The topological polar surface area (TPSA) is 38.3 Å². The van der Waals surface area contributed by atoms with Crippen LogP contribution in [0, 0.1) is 5.92 Å².